The molecule has 0 aliphatic carbocycles. The van der Waals surface area contributed by atoms with Gasteiger partial charge in [0, 0.05) is 17.6 Å². The average Bonchev–Trinajstić information content (AvgIpc) is 2.95. The summed E-state index contributed by atoms with van der Waals surface area (Å²) < 4.78 is 4.52. The molecule has 6 heteroatoms. The van der Waals surface area contributed by atoms with Crippen molar-refractivity contribution in [3.63, 3.8) is 0 Å². The van der Waals surface area contributed by atoms with Crippen molar-refractivity contribution in [3.8, 4) is 0 Å². The van der Waals surface area contributed by atoms with E-state index in [1.54, 1.807) is 18.3 Å². The number of aromatic amines is 1. The number of rotatable bonds is 4. The first-order valence-electron chi connectivity index (χ1n) is 5.90. The maximum absolute atomic E-state index is 11.0. The molecule has 100 valence electrons. The number of nitrogens with zero attached hydrogens (tertiary/aromatic N) is 1. The number of anilines is 2. The molecular weight excluding hydrogens is 244 g/mol. The topological polar surface area (TPSA) is 79.0 Å². The van der Waals surface area contributed by atoms with Crippen molar-refractivity contribution in [2.75, 3.05) is 17.7 Å². The highest BCUT2D eigenvalue weighted by Crippen LogP contribution is 2.19. The quantitative estimate of drug-likeness (QED) is 0.789. The molecule has 0 saturated carbocycles. The minimum Gasteiger partial charge on any atom is -0.453 e. The van der Waals surface area contributed by atoms with Crippen LogP contribution >= 0.6 is 0 Å². The highest BCUT2D eigenvalue weighted by Gasteiger charge is 2.06. The van der Waals surface area contributed by atoms with Crippen LogP contribution in [0.5, 0.6) is 0 Å². The normalized spacial score (nSPS) is 11.7. The second-order valence-electron chi connectivity index (χ2n) is 4.07. The summed E-state index contributed by atoms with van der Waals surface area (Å²) in [5.41, 5.74) is 2.65. The smallest absolute Gasteiger partial charge is 0.411 e. The van der Waals surface area contributed by atoms with E-state index >= 15 is 0 Å². The Hall–Kier alpha value is -2.50. The monoisotopic (exact) mass is 260 g/mol. The molecule has 1 aromatic carbocycles. The first kappa shape index (κ1) is 12.9. The molecule has 0 saturated heterocycles. The van der Waals surface area contributed by atoms with Crippen LogP contribution in [0.4, 0.5) is 16.2 Å². The molecule has 2 rings (SSSR count). The van der Waals surface area contributed by atoms with E-state index in [-0.39, 0.29) is 6.04 Å². The van der Waals surface area contributed by atoms with Gasteiger partial charge in [0.15, 0.2) is 0 Å². The second-order valence-corrected chi connectivity index (χ2v) is 4.07. The zero-order valence-corrected chi connectivity index (χ0v) is 10.8. The number of methoxy groups -OCH3 is 1. The summed E-state index contributed by atoms with van der Waals surface area (Å²) in [6.07, 6.45) is 1.24. The molecule has 1 heterocycles. The van der Waals surface area contributed by atoms with Crippen LogP contribution in [0.3, 0.4) is 0 Å². The van der Waals surface area contributed by atoms with E-state index in [0.29, 0.717) is 5.69 Å². The van der Waals surface area contributed by atoms with Crippen molar-refractivity contribution < 1.29 is 9.53 Å². The van der Waals surface area contributed by atoms with Gasteiger partial charge in [-0.25, -0.2) is 4.79 Å². The third-order valence-electron chi connectivity index (χ3n) is 2.69. The van der Waals surface area contributed by atoms with E-state index in [2.05, 4.69) is 25.6 Å². The molecule has 0 spiro atoms. The number of benzene rings is 1. The van der Waals surface area contributed by atoms with Gasteiger partial charge in [0.05, 0.1) is 18.8 Å². The van der Waals surface area contributed by atoms with Gasteiger partial charge in [-0.3, -0.25) is 10.4 Å². The lowest BCUT2D eigenvalue weighted by Crippen LogP contribution is -2.11. The molecular formula is C13H16N4O2. The molecule has 6 nitrogen and oxygen atoms in total. The van der Waals surface area contributed by atoms with E-state index in [0.717, 1.165) is 11.4 Å². The Morgan fingerprint density at radius 1 is 1.26 bits per heavy atom. The fraction of sp³-hybridized carbons (Fsp3) is 0.231. The lowest BCUT2D eigenvalue weighted by molar-refractivity contribution is 0.187. The van der Waals surface area contributed by atoms with Gasteiger partial charge < -0.3 is 10.1 Å². The molecule has 0 aliphatic rings. The maximum Gasteiger partial charge on any atom is 0.411 e. The highest BCUT2D eigenvalue weighted by atomic mass is 16.5. The van der Waals surface area contributed by atoms with Gasteiger partial charge in [0.2, 0.25) is 0 Å². The molecule has 0 radical (unpaired) electrons. The number of amides is 1. The lowest BCUT2D eigenvalue weighted by Gasteiger charge is -2.14. The Bertz CT molecular complexity index is 522. The molecule has 1 atom stereocenters. The standard InChI is InChI=1S/C13H16N4O2/c1-9(12-7-8-14-17-12)15-10-3-5-11(6-4-10)16-13(18)19-2/h3-9,15H,1-2H3,(H,14,17)(H,16,18). The van der Waals surface area contributed by atoms with Crippen molar-refractivity contribution in [1.29, 1.82) is 0 Å². The number of carbonyl (C=O) groups excluding carboxylic acids is 1. The second kappa shape index (κ2) is 5.90. The first-order valence-corrected chi connectivity index (χ1v) is 5.90. The van der Waals surface area contributed by atoms with Gasteiger partial charge in [-0.2, -0.15) is 5.10 Å². The van der Waals surface area contributed by atoms with Gasteiger partial charge in [0.1, 0.15) is 0 Å². The Morgan fingerprint density at radius 3 is 2.53 bits per heavy atom. The largest absolute Gasteiger partial charge is 0.453 e. The predicted molar refractivity (Wildman–Crippen MR) is 73.1 cm³/mol. The van der Waals surface area contributed by atoms with Crippen molar-refractivity contribution in [2.45, 2.75) is 13.0 Å². The number of ether oxygens (including phenoxy) is 1. The van der Waals surface area contributed by atoms with E-state index in [1.807, 2.05) is 25.1 Å². The van der Waals surface area contributed by atoms with E-state index < -0.39 is 6.09 Å². The Labute approximate surface area is 111 Å². The SMILES string of the molecule is COC(=O)Nc1ccc(NC(C)c2ccn[nH]2)cc1. The van der Waals surface area contributed by atoms with Crippen LogP contribution in [-0.2, 0) is 4.74 Å². The van der Waals surface area contributed by atoms with E-state index in [9.17, 15) is 4.79 Å². The number of hydrogen-bond donors (Lipinski definition) is 3. The van der Waals surface area contributed by atoms with Crippen molar-refractivity contribution >= 4 is 17.5 Å². The minimum absolute atomic E-state index is 0.127. The van der Waals surface area contributed by atoms with E-state index in [4.69, 9.17) is 0 Å². The summed E-state index contributed by atoms with van der Waals surface area (Å²) in [6, 6.07) is 9.43. The van der Waals surface area contributed by atoms with Crippen molar-refractivity contribution in [2.24, 2.45) is 0 Å². The molecule has 0 fully saturated rings. The van der Waals surface area contributed by atoms with Crippen LogP contribution in [0.1, 0.15) is 18.7 Å². The Balaban J connectivity index is 1.97. The number of aromatic nitrogens is 2. The molecule has 0 bridgehead atoms. The molecule has 0 aliphatic heterocycles. The van der Waals surface area contributed by atoms with Gasteiger partial charge in [-0.1, -0.05) is 0 Å². The van der Waals surface area contributed by atoms with Gasteiger partial charge in [0.25, 0.3) is 0 Å². The summed E-state index contributed by atoms with van der Waals surface area (Å²) in [7, 11) is 1.33. The van der Waals surface area contributed by atoms with Crippen LogP contribution in [0.15, 0.2) is 36.5 Å². The zero-order valence-electron chi connectivity index (χ0n) is 10.8. The van der Waals surface area contributed by atoms with Gasteiger partial charge >= 0.3 is 6.09 Å². The fourth-order valence-electron chi connectivity index (χ4n) is 1.65. The lowest BCUT2D eigenvalue weighted by atomic mass is 10.2. The third-order valence-corrected chi connectivity index (χ3v) is 2.69. The molecule has 2 aromatic rings. The molecule has 3 N–H and O–H groups in total. The van der Waals surface area contributed by atoms with Gasteiger partial charge in [-0.05, 0) is 37.3 Å². The van der Waals surface area contributed by atoms with Crippen LogP contribution < -0.4 is 10.6 Å². The van der Waals surface area contributed by atoms with Crippen molar-refractivity contribution in [1.82, 2.24) is 10.2 Å². The molecule has 1 amide bonds. The first-order chi connectivity index (χ1) is 9.19. The Morgan fingerprint density at radius 2 is 1.95 bits per heavy atom. The molecule has 19 heavy (non-hydrogen) atoms. The number of hydrogen-bond acceptors (Lipinski definition) is 4. The number of H-pyrrole nitrogens is 1. The maximum atomic E-state index is 11.0. The average molecular weight is 260 g/mol. The summed E-state index contributed by atoms with van der Waals surface area (Å²) in [6.45, 7) is 2.04. The van der Waals surface area contributed by atoms with Crippen LogP contribution in [0, 0.1) is 0 Å². The number of carbonyl (C=O) groups is 1. The van der Waals surface area contributed by atoms with Crippen LogP contribution in [0.2, 0.25) is 0 Å². The minimum atomic E-state index is -0.480. The van der Waals surface area contributed by atoms with Crippen LogP contribution in [-0.4, -0.2) is 23.4 Å². The highest BCUT2D eigenvalue weighted by molar-refractivity contribution is 5.84. The number of nitrogens with one attached hydrogen (secondary N) is 3. The van der Waals surface area contributed by atoms with E-state index in [1.165, 1.54) is 7.11 Å². The summed E-state index contributed by atoms with van der Waals surface area (Å²) in [5.74, 6) is 0. The summed E-state index contributed by atoms with van der Waals surface area (Å²) in [5, 5.41) is 12.7. The van der Waals surface area contributed by atoms with Gasteiger partial charge in [-0.15, -0.1) is 0 Å². The third kappa shape index (κ3) is 3.48. The zero-order chi connectivity index (χ0) is 13.7. The molecule has 1 aromatic heterocycles. The van der Waals surface area contributed by atoms with Crippen LogP contribution in [0.25, 0.3) is 0 Å². The van der Waals surface area contributed by atoms with Crippen molar-refractivity contribution in [3.05, 3.63) is 42.2 Å². The predicted octanol–water partition coefficient (Wildman–Crippen LogP) is 2.76. The molecule has 1 unspecified atom stereocenters. The summed E-state index contributed by atoms with van der Waals surface area (Å²) >= 11 is 0. The Kier molecular flexibility index (Phi) is 4.02. The fourth-order valence-corrected chi connectivity index (χ4v) is 1.65. The summed E-state index contributed by atoms with van der Waals surface area (Å²) in [4.78, 5) is 11.0.